The molecule has 21 heavy (non-hydrogen) atoms. The van der Waals surface area contributed by atoms with Crippen LogP contribution in [0.25, 0.3) is 0 Å². The van der Waals surface area contributed by atoms with Gasteiger partial charge in [0.1, 0.15) is 11.4 Å². The van der Waals surface area contributed by atoms with E-state index in [1.54, 1.807) is 43.3 Å². The molecule has 2 N–H and O–H groups in total. The van der Waals surface area contributed by atoms with Crippen LogP contribution in [0.15, 0.2) is 36.4 Å². The maximum atomic E-state index is 11.5. The van der Waals surface area contributed by atoms with E-state index in [2.05, 4.69) is 10.3 Å². The second kappa shape index (κ2) is 6.74. The molecule has 2 aromatic rings. The number of carbonyl (C=O) groups excluding carboxylic acids is 1. The van der Waals surface area contributed by atoms with E-state index >= 15 is 0 Å². The number of ether oxygens (including phenoxy) is 1. The maximum absolute atomic E-state index is 11.5. The predicted octanol–water partition coefficient (Wildman–Crippen LogP) is 2.88. The fourth-order valence-corrected chi connectivity index (χ4v) is 1.86. The maximum Gasteiger partial charge on any atom is 0.338 e. The second-order valence-corrected chi connectivity index (χ2v) is 4.57. The summed E-state index contributed by atoms with van der Waals surface area (Å²) in [5, 5.41) is 12.9. The number of hydrogen-bond donors (Lipinski definition) is 2. The second-order valence-electron chi connectivity index (χ2n) is 4.57. The molecule has 0 saturated heterocycles. The summed E-state index contributed by atoms with van der Waals surface area (Å²) in [6.07, 6.45) is 0. The Morgan fingerprint density at radius 2 is 1.95 bits per heavy atom. The van der Waals surface area contributed by atoms with Crippen molar-refractivity contribution >= 4 is 11.7 Å². The first-order chi connectivity index (χ1) is 10.1. The van der Waals surface area contributed by atoms with E-state index in [-0.39, 0.29) is 11.7 Å². The predicted molar refractivity (Wildman–Crippen MR) is 80.4 cm³/mol. The number of nitrogens with zero attached hydrogens (tertiary/aromatic N) is 1. The van der Waals surface area contributed by atoms with Crippen molar-refractivity contribution in [2.45, 2.75) is 20.4 Å². The van der Waals surface area contributed by atoms with E-state index in [1.807, 2.05) is 6.92 Å². The number of anilines is 1. The molecular formula is C16H18N2O3. The number of carbonyl (C=O) groups is 1. The summed E-state index contributed by atoms with van der Waals surface area (Å²) in [6.45, 7) is 4.41. The zero-order valence-corrected chi connectivity index (χ0v) is 12.1. The average molecular weight is 286 g/mol. The highest BCUT2D eigenvalue weighted by Gasteiger charge is 2.06. The quantitative estimate of drug-likeness (QED) is 0.827. The Morgan fingerprint density at radius 3 is 2.62 bits per heavy atom. The van der Waals surface area contributed by atoms with Gasteiger partial charge in [-0.25, -0.2) is 4.79 Å². The summed E-state index contributed by atoms with van der Waals surface area (Å²) >= 11 is 0. The van der Waals surface area contributed by atoms with Gasteiger partial charge in [-0.3, -0.25) is 4.98 Å². The molecule has 0 unspecified atom stereocenters. The third kappa shape index (κ3) is 3.95. The van der Waals surface area contributed by atoms with E-state index in [0.717, 1.165) is 11.4 Å². The normalized spacial score (nSPS) is 10.2. The molecule has 1 aromatic heterocycles. The van der Waals surface area contributed by atoms with Crippen molar-refractivity contribution in [1.82, 2.24) is 4.98 Å². The molecule has 0 spiro atoms. The van der Waals surface area contributed by atoms with Crippen LogP contribution in [0.4, 0.5) is 5.69 Å². The molecule has 0 aliphatic carbocycles. The molecule has 0 saturated carbocycles. The third-order valence-corrected chi connectivity index (χ3v) is 2.95. The summed E-state index contributed by atoms with van der Waals surface area (Å²) in [5.74, 6) is -0.168. The van der Waals surface area contributed by atoms with Crippen molar-refractivity contribution in [3.63, 3.8) is 0 Å². The summed E-state index contributed by atoms with van der Waals surface area (Å²) in [4.78, 5) is 15.8. The molecule has 1 heterocycles. The minimum absolute atomic E-state index is 0.163. The van der Waals surface area contributed by atoms with Crippen LogP contribution in [-0.4, -0.2) is 22.7 Å². The van der Waals surface area contributed by atoms with Crippen LogP contribution in [0.2, 0.25) is 0 Å². The van der Waals surface area contributed by atoms with E-state index in [0.29, 0.717) is 24.4 Å². The lowest BCUT2D eigenvalue weighted by molar-refractivity contribution is 0.0526. The van der Waals surface area contributed by atoms with Gasteiger partial charge in [-0.1, -0.05) is 0 Å². The van der Waals surface area contributed by atoms with Crippen LogP contribution in [0.1, 0.15) is 28.7 Å². The number of benzene rings is 1. The van der Waals surface area contributed by atoms with E-state index in [4.69, 9.17) is 4.74 Å². The van der Waals surface area contributed by atoms with Gasteiger partial charge in [-0.05, 0) is 50.2 Å². The van der Waals surface area contributed by atoms with Gasteiger partial charge in [-0.15, -0.1) is 0 Å². The number of nitrogens with one attached hydrogen (secondary N) is 1. The summed E-state index contributed by atoms with van der Waals surface area (Å²) < 4.78 is 4.92. The highest BCUT2D eigenvalue weighted by Crippen LogP contribution is 2.17. The Hall–Kier alpha value is -2.56. The lowest BCUT2D eigenvalue weighted by Crippen LogP contribution is -2.05. The lowest BCUT2D eigenvalue weighted by atomic mass is 10.2. The molecule has 5 heteroatoms. The van der Waals surface area contributed by atoms with Crippen molar-refractivity contribution in [3.8, 4) is 5.75 Å². The molecule has 2 rings (SSSR count). The largest absolute Gasteiger partial charge is 0.506 e. The molecule has 1 aromatic carbocycles. The number of hydrogen-bond acceptors (Lipinski definition) is 5. The Balaban J connectivity index is 2.00. The summed E-state index contributed by atoms with van der Waals surface area (Å²) in [6, 6.07) is 10.4. The minimum Gasteiger partial charge on any atom is -0.506 e. The SMILES string of the molecule is CCOC(=O)c1ccc(NCc2nc(C)ccc2O)cc1. The topological polar surface area (TPSA) is 71.5 Å². The fourth-order valence-electron chi connectivity index (χ4n) is 1.86. The van der Waals surface area contributed by atoms with E-state index < -0.39 is 0 Å². The van der Waals surface area contributed by atoms with Gasteiger partial charge in [0.25, 0.3) is 0 Å². The molecule has 0 radical (unpaired) electrons. The average Bonchev–Trinajstić information content (AvgIpc) is 2.49. The molecule has 0 bridgehead atoms. The van der Waals surface area contributed by atoms with Crippen molar-refractivity contribution in [2.75, 3.05) is 11.9 Å². The molecule has 110 valence electrons. The zero-order chi connectivity index (χ0) is 15.2. The summed E-state index contributed by atoms with van der Waals surface area (Å²) in [5.41, 5.74) is 2.79. The number of aryl methyl sites for hydroxylation is 1. The van der Waals surface area contributed by atoms with Crippen LogP contribution in [-0.2, 0) is 11.3 Å². The number of aromatic hydroxyl groups is 1. The van der Waals surface area contributed by atoms with Crippen LogP contribution in [0.5, 0.6) is 5.75 Å². The van der Waals surface area contributed by atoms with Crippen molar-refractivity contribution in [3.05, 3.63) is 53.3 Å². The van der Waals surface area contributed by atoms with Gasteiger partial charge in [0.2, 0.25) is 0 Å². The third-order valence-electron chi connectivity index (χ3n) is 2.95. The number of pyridine rings is 1. The van der Waals surface area contributed by atoms with Gasteiger partial charge in [0, 0.05) is 11.4 Å². The Labute approximate surface area is 123 Å². The molecule has 0 amide bonds. The Bertz CT molecular complexity index is 624. The van der Waals surface area contributed by atoms with Gasteiger partial charge in [0.05, 0.1) is 18.7 Å². The fraction of sp³-hybridized carbons (Fsp3) is 0.250. The minimum atomic E-state index is -0.331. The number of rotatable bonds is 5. The first-order valence-corrected chi connectivity index (χ1v) is 6.76. The van der Waals surface area contributed by atoms with Gasteiger partial charge in [0.15, 0.2) is 0 Å². The lowest BCUT2D eigenvalue weighted by Gasteiger charge is -2.09. The summed E-state index contributed by atoms with van der Waals surface area (Å²) in [7, 11) is 0. The van der Waals surface area contributed by atoms with Gasteiger partial charge < -0.3 is 15.2 Å². The van der Waals surface area contributed by atoms with Crippen LogP contribution in [0, 0.1) is 6.92 Å². The molecule has 0 aliphatic heterocycles. The van der Waals surface area contributed by atoms with Gasteiger partial charge in [-0.2, -0.15) is 0 Å². The highest BCUT2D eigenvalue weighted by atomic mass is 16.5. The molecule has 5 nitrogen and oxygen atoms in total. The molecule has 0 fully saturated rings. The van der Waals surface area contributed by atoms with Crippen LogP contribution < -0.4 is 5.32 Å². The smallest absolute Gasteiger partial charge is 0.338 e. The monoisotopic (exact) mass is 286 g/mol. The highest BCUT2D eigenvalue weighted by molar-refractivity contribution is 5.89. The Kier molecular flexibility index (Phi) is 4.77. The van der Waals surface area contributed by atoms with E-state index in [9.17, 15) is 9.90 Å². The number of esters is 1. The molecule has 0 aliphatic rings. The Morgan fingerprint density at radius 1 is 1.24 bits per heavy atom. The molecule has 0 atom stereocenters. The van der Waals surface area contributed by atoms with Gasteiger partial charge >= 0.3 is 5.97 Å². The van der Waals surface area contributed by atoms with Crippen molar-refractivity contribution < 1.29 is 14.6 Å². The first kappa shape index (κ1) is 14.8. The van der Waals surface area contributed by atoms with Crippen LogP contribution >= 0.6 is 0 Å². The van der Waals surface area contributed by atoms with Crippen molar-refractivity contribution in [2.24, 2.45) is 0 Å². The zero-order valence-electron chi connectivity index (χ0n) is 12.1. The van der Waals surface area contributed by atoms with E-state index in [1.165, 1.54) is 0 Å². The van der Waals surface area contributed by atoms with Crippen LogP contribution in [0.3, 0.4) is 0 Å². The first-order valence-electron chi connectivity index (χ1n) is 6.76. The van der Waals surface area contributed by atoms with Crippen molar-refractivity contribution in [1.29, 1.82) is 0 Å². The standard InChI is InChI=1S/C16H18N2O3/c1-3-21-16(20)12-5-7-13(8-6-12)17-10-14-15(19)9-4-11(2)18-14/h4-9,17,19H,3,10H2,1-2H3. The number of aromatic nitrogens is 1. The molecular weight excluding hydrogens is 268 g/mol.